The number of carbonyl (C=O) groups excluding carboxylic acids is 2. The number of carbonyl (C=O) groups is 3. The number of hydrogen-bond acceptors (Lipinski definition) is 12. The van der Waals surface area contributed by atoms with Crippen molar-refractivity contribution < 1.29 is 37.3 Å². The normalized spacial score (nSPS) is 19.1. The molecule has 1 fully saturated rings. The topological polar surface area (TPSA) is 220 Å². The summed E-state index contributed by atoms with van der Waals surface area (Å²) in [5.74, 6) is -4.31. The molecule has 1 aliphatic rings. The van der Waals surface area contributed by atoms with Crippen molar-refractivity contribution in [1.29, 1.82) is 0 Å². The van der Waals surface area contributed by atoms with Gasteiger partial charge in [-0.3, -0.25) is 14.1 Å². The van der Waals surface area contributed by atoms with Gasteiger partial charge in [-0.2, -0.15) is 23.4 Å². The molecule has 4 N–H and O–H groups in total. The quantitative estimate of drug-likeness (QED) is 0.158. The first-order valence-corrected chi connectivity index (χ1v) is 11.9. The second kappa shape index (κ2) is 9.07. The number of rotatable bonds is 10. The Morgan fingerprint density at radius 3 is 2.56 bits per heavy atom. The van der Waals surface area contributed by atoms with Gasteiger partial charge in [-0.15, -0.1) is 11.3 Å². The average Bonchev–Trinajstić information content (AvgIpc) is 3.32. The molecule has 17 heteroatoms. The van der Waals surface area contributed by atoms with Crippen molar-refractivity contribution in [3.63, 3.8) is 0 Å². The van der Waals surface area contributed by atoms with Crippen molar-refractivity contribution >= 4 is 50.1 Å². The summed E-state index contributed by atoms with van der Waals surface area (Å²) in [5.41, 5.74) is 3.96. The van der Waals surface area contributed by atoms with Gasteiger partial charge in [0.2, 0.25) is 11.5 Å². The third-order valence-electron chi connectivity index (χ3n) is 4.86. The highest BCUT2D eigenvalue weighted by Crippen LogP contribution is 2.33. The molecule has 0 saturated carbocycles. The lowest BCUT2D eigenvalue weighted by Gasteiger charge is -2.43. The van der Waals surface area contributed by atoms with Crippen LogP contribution in [-0.4, -0.2) is 77.4 Å². The molecule has 34 heavy (non-hydrogen) atoms. The van der Waals surface area contributed by atoms with E-state index in [0.717, 1.165) is 16.1 Å². The Morgan fingerprint density at radius 1 is 1.38 bits per heavy atom. The minimum atomic E-state index is -4.90. The van der Waals surface area contributed by atoms with Gasteiger partial charge >= 0.3 is 16.3 Å². The molecule has 184 valence electrons. The number of nitrogen functional groups attached to an aromatic ring is 1. The molecule has 0 radical (unpaired) electrons. The van der Waals surface area contributed by atoms with E-state index in [-0.39, 0.29) is 21.7 Å². The van der Waals surface area contributed by atoms with E-state index >= 15 is 0 Å². The van der Waals surface area contributed by atoms with Crippen molar-refractivity contribution in [2.75, 3.05) is 5.73 Å². The zero-order valence-electron chi connectivity index (χ0n) is 18.1. The van der Waals surface area contributed by atoms with Gasteiger partial charge in [-0.05, 0) is 20.8 Å². The van der Waals surface area contributed by atoms with Gasteiger partial charge in [0.25, 0.3) is 0 Å². The summed E-state index contributed by atoms with van der Waals surface area (Å²) in [6.07, 6.45) is 0.875. The number of aromatic nitrogens is 4. The Kier molecular flexibility index (Phi) is 6.72. The smallest absolute Gasteiger partial charge is 0.362 e. The number of amides is 1. The number of thiazole rings is 1. The first-order chi connectivity index (χ1) is 15.7. The summed E-state index contributed by atoms with van der Waals surface area (Å²) >= 11 is 0.992. The number of anilines is 1. The van der Waals surface area contributed by atoms with E-state index in [1.807, 2.05) is 0 Å². The molecule has 2 atom stereocenters. The van der Waals surface area contributed by atoms with Gasteiger partial charge < -0.3 is 15.7 Å². The summed E-state index contributed by atoms with van der Waals surface area (Å²) in [6.45, 7) is 3.86. The van der Waals surface area contributed by atoms with Crippen molar-refractivity contribution in [1.82, 2.24) is 24.3 Å². The third-order valence-corrected chi connectivity index (χ3v) is 6.49. The highest BCUT2D eigenvalue weighted by molar-refractivity contribution is 7.84. The van der Waals surface area contributed by atoms with E-state index < -0.39 is 57.7 Å². The number of hydrogen-bond donors (Lipinski definition) is 3. The number of carboxylic acids is 1. The molecule has 1 aliphatic heterocycles. The number of nitrogens with two attached hydrogens (primary N) is 1. The van der Waals surface area contributed by atoms with Gasteiger partial charge in [-0.25, -0.2) is 14.1 Å². The first-order valence-electron chi connectivity index (χ1n) is 9.62. The first kappa shape index (κ1) is 25.2. The monoisotopic (exact) mass is 515 g/mol. The molecule has 0 aliphatic carbocycles. The second-order valence-electron chi connectivity index (χ2n) is 7.87. The third kappa shape index (κ3) is 5.20. The number of nitrogens with zero attached hydrogens (tertiary/aromatic N) is 6. The van der Waals surface area contributed by atoms with Crippen LogP contribution in [0.15, 0.2) is 16.7 Å². The molecule has 0 spiro atoms. The second-order valence-corrected chi connectivity index (χ2v) is 10.1. The molecule has 3 heterocycles. The van der Waals surface area contributed by atoms with Crippen LogP contribution in [0.25, 0.3) is 0 Å². The van der Waals surface area contributed by atoms with E-state index in [1.54, 1.807) is 6.92 Å². The number of aryl methyl sites for hydroxylation is 1. The maximum absolute atomic E-state index is 13.1. The molecule has 1 saturated heterocycles. The predicted octanol–water partition coefficient (Wildman–Crippen LogP) is -0.502. The lowest BCUT2D eigenvalue weighted by molar-refractivity contribution is -0.161. The lowest BCUT2D eigenvalue weighted by Crippen LogP contribution is -2.64. The van der Waals surface area contributed by atoms with Crippen LogP contribution in [0.3, 0.4) is 0 Å². The number of Topliss-reactive ketones (excluding diaryl/α,β-unsaturated/α-hetero) is 1. The van der Waals surface area contributed by atoms with Crippen LogP contribution in [0, 0.1) is 12.8 Å². The highest BCUT2D eigenvalue weighted by atomic mass is 32.2. The van der Waals surface area contributed by atoms with E-state index in [4.69, 9.17) is 10.6 Å². The van der Waals surface area contributed by atoms with Crippen LogP contribution in [-0.2, 0) is 36.1 Å². The highest BCUT2D eigenvalue weighted by Gasteiger charge is 2.54. The summed E-state index contributed by atoms with van der Waals surface area (Å²) < 4.78 is 33.1. The summed E-state index contributed by atoms with van der Waals surface area (Å²) in [5, 5.41) is 22.3. The molecule has 15 nitrogen and oxygen atoms in total. The van der Waals surface area contributed by atoms with Crippen LogP contribution in [0.4, 0.5) is 5.13 Å². The van der Waals surface area contributed by atoms with Crippen LogP contribution >= 0.6 is 11.3 Å². The molecule has 1 amide bonds. The number of carboxylic acid groups (broad SMARTS) is 1. The Bertz CT molecular complexity index is 1270. The molecule has 0 unspecified atom stereocenters. The largest absolute Gasteiger partial charge is 0.478 e. The number of oxime groups is 1. The molecule has 0 aromatic carbocycles. The minimum absolute atomic E-state index is 0.00647. The molecule has 2 aromatic heterocycles. The Morgan fingerprint density at radius 2 is 2.06 bits per heavy atom. The average molecular weight is 516 g/mol. The summed E-state index contributed by atoms with van der Waals surface area (Å²) in [4.78, 5) is 47.0. The summed E-state index contributed by atoms with van der Waals surface area (Å²) in [6, 6.07) is -1.16. The van der Waals surface area contributed by atoms with Gasteiger partial charge in [0.05, 0.1) is 30.4 Å². The Balaban J connectivity index is 1.89. The van der Waals surface area contributed by atoms with Crippen LogP contribution in [0.5, 0.6) is 0 Å². The molecule has 3 rings (SSSR count). The standard InChI is InChI=1S/C17H21N7O8S2/c1-8-5-19-23(21-8)6-11-9(14(26)24(11)34(29,30)31)4-12(25)13(10-7-33-16(18)20-10)22-32-17(2,3)15(27)28/h5,7,9,11H,4,6H2,1-3H3,(H2,18,20)(H,27,28)(H,29,30,31)/b22-13-/t9-,11+/m0/s1. The van der Waals surface area contributed by atoms with Gasteiger partial charge in [-0.1, -0.05) is 5.16 Å². The molecular formula is C17H21N7O8S2. The summed E-state index contributed by atoms with van der Waals surface area (Å²) in [7, 11) is -4.90. The van der Waals surface area contributed by atoms with E-state index in [2.05, 4.69) is 20.3 Å². The molecular weight excluding hydrogens is 494 g/mol. The van der Waals surface area contributed by atoms with Crippen LogP contribution in [0.2, 0.25) is 0 Å². The number of ketones is 1. The van der Waals surface area contributed by atoms with Crippen molar-refractivity contribution in [3.8, 4) is 0 Å². The van der Waals surface area contributed by atoms with Gasteiger partial charge in [0, 0.05) is 11.8 Å². The fourth-order valence-corrected chi connectivity index (χ4v) is 4.52. The van der Waals surface area contributed by atoms with Crippen molar-refractivity contribution in [2.45, 2.75) is 45.4 Å². The van der Waals surface area contributed by atoms with E-state index in [1.165, 1.54) is 25.4 Å². The van der Waals surface area contributed by atoms with Crippen LogP contribution in [0.1, 0.15) is 31.7 Å². The fraction of sp³-hybridized carbons (Fsp3) is 0.471. The zero-order valence-corrected chi connectivity index (χ0v) is 19.8. The van der Waals surface area contributed by atoms with E-state index in [0.29, 0.717) is 5.69 Å². The van der Waals surface area contributed by atoms with Gasteiger partial charge in [0.15, 0.2) is 16.6 Å². The maximum atomic E-state index is 13.1. The van der Waals surface area contributed by atoms with Gasteiger partial charge in [0.1, 0.15) is 5.69 Å². The Hall–Kier alpha value is -3.44. The number of β-lactam (4-membered cyclic amide) rings is 1. The minimum Gasteiger partial charge on any atom is -0.478 e. The van der Waals surface area contributed by atoms with Crippen LogP contribution < -0.4 is 5.73 Å². The fourth-order valence-electron chi connectivity index (χ4n) is 3.05. The lowest BCUT2D eigenvalue weighted by atomic mass is 9.84. The predicted molar refractivity (Wildman–Crippen MR) is 116 cm³/mol. The van der Waals surface area contributed by atoms with E-state index in [9.17, 15) is 32.5 Å². The maximum Gasteiger partial charge on any atom is 0.362 e. The molecule has 2 aromatic rings. The van der Waals surface area contributed by atoms with Crippen molar-refractivity contribution in [2.24, 2.45) is 11.1 Å². The molecule has 0 bridgehead atoms. The SMILES string of the molecule is Cc1cnn(C[C@@H]2[C@H](CC(=O)/C(=N\OC(C)(C)C(=O)O)c3csc(N)n3)C(=O)N2S(=O)(=O)O)n1. The van der Waals surface area contributed by atoms with Crippen molar-refractivity contribution in [3.05, 3.63) is 23.0 Å². The Labute approximate surface area is 197 Å². The number of aliphatic carboxylic acids is 1. The zero-order chi connectivity index (χ0) is 25.4.